The molecule has 0 heterocycles. The Labute approximate surface area is 209 Å². The van der Waals surface area contributed by atoms with E-state index < -0.39 is 0 Å². The van der Waals surface area contributed by atoms with Crippen molar-refractivity contribution in [1.29, 1.82) is 0 Å². The molecule has 0 saturated heterocycles. The van der Waals surface area contributed by atoms with Crippen molar-refractivity contribution in [3.8, 4) is 11.5 Å². The van der Waals surface area contributed by atoms with E-state index in [-0.39, 0.29) is 24.0 Å². The maximum absolute atomic E-state index is 6.14. The van der Waals surface area contributed by atoms with E-state index in [1.165, 1.54) is 43.2 Å². The van der Waals surface area contributed by atoms with Crippen LogP contribution in [-0.2, 0) is 19.6 Å². The molecule has 0 radical (unpaired) electrons. The second-order valence-electron chi connectivity index (χ2n) is 8.22. The van der Waals surface area contributed by atoms with Gasteiger partial charge in [-0.05, 0) is 48.7 Å². The zero-order valence-electron chi connectivity index (χ0n) is 19.5. The predicted octanol–water partition coefficient (Wildman–Crippen LogP) is 4.69. The number of nitrogens with two attached hydrogens (primary N) is 1. The highest BCUT2D eigenvalue weighted by Crippen LogP contribution is 2.27. The van der Waals surface area contributed by atoms with E-state index in [9.17, 15) is 0 Å². The molecule has 0 aliphatic heterocycles. The molecule has 32 heavy (non-hydrogen) atoms. The van der Waals surface area contributed by atoms with Crippen LogP contribution in [0.2, 0.25) is 0 Å². The average Bonchev–Trinajstić information content (AvgIpc) is 2.82. The number of rotatable bonds is 9. The first kappa shape index (κ1) is 26.3. The molecule has 1 fully saturated rings. The molecule has 6 nitrogen and oxygen atoms in total. The molecule has 2 aromatic rings. The second kappa shape index (κ2) is 13.5. The first-order valence-corrected chi connectivity index (χ1v) is 11.1. The van der Waals surface area contributed by atoms with Gasteiger partial charge in [-0.25, -0.2) is 4.99 Å². The SMILES string of the molecule is COc1ccc(CN=C(N)NCc2ccccc2CN(C)C2CCCCC2)cc1OC.I. The summed E-state index contributed by atoms with van der Waals surface area (Å²) < 4.78 is 10.6. The molecule has 3 N–H and O–H groups in total. The minimum absolute atomic E-state index is 0. The van der Waals surface area contributed by atoms with Crippen LogP contribution in [0, 0.1) is 0 Å². The zero-order valence-corrected chi connectivity index (χ0v) is 21.8. The van der Waals surface area contributed by atoms with Crippen molar-refractivity contribution in [2.75, 3.05) is 21.3 Å². The molecule has 0 unspecified atom stereocenters. The van der Waals surface area contributed by atoms with Gasteiger partial charge in [0.05, 0.1) is 20.8 Å². The van der Waals surface area contributed by atoms with Crippen LogP contribution < -0.4 is 20.5 Å². The van der Waals surface area contributed by atoms with Gasteiger partial charge in [0, 0.05) is 19.1 Å². The van der Waals surface area contributed by atoms with Crippen LogP contribution in [0.25, 0.3) is 0 Å². The Kier molecular flexibility index (Phi) is 11.1. The summed E-state index contributed by atoms with van der Waals surface area (Å²) >= 11 is 0. The first-order chi connectivity index (χ1) is 15.1. The third-order valence-corrected chi connectivity index (χ3v) is 6.08. The highest BCUT2D eigenvalue weighted by Gasteiger charge is 2.18. The average molecular weight is 553 g/mol. The number of hydrogen-bond acceptors (Lipinski definition) is 4. The Morgan fingerprint density at radius 3 is 2.41 bits per heavy atom. The number of hydrogen-bond donors (Lipinski definition) is 2. The molecule has 1 aliphatic carbocycles. The molecule has 3 rings (SSSR count). The maximum atomic E-state index is 6.14. The monoisotopic (exact) mass is 552 g/mol. The van der Waals surface area contributed by atoms with E-state index in [0.29, 0.717) is 36.6 Å². The lowest BCUT2D eigenvalue weighted by Crippen LogP contribution is -2.34. The molecule has 0 spiro atoms. The van der Waals surface area contributed by atoms with Crippen LogP contribution in [0.1, 0.15) is 48.8 Å². The van der Waals surface area contributed by atoms with Gasteiger partial charge in [0.25, 0.3) is 0 Å². The smallest absolute Gasteiger partial charge is 0.189 e. The van der Waals surface area contributed by atoms with E-state index in [4.69, 9.17) is 15.2 Å². The number of ether oxygens (including phenoxy) is 2. The maximum Gasteiger partial charge on any atom is 0.189 e. The van der Waals surface area contributed by atoms with Crippen LogP contribution >= 0.6 is 24.0 Å². The lowest BCUT2D eigenvalue weighted by atomic mass is 9.94. The van der Waals surface area contributed by atoms with Gasteiger partial charge in [-0.1, -0.05) is 49.6 Å². The van der Waals surface area contributed by atoms with E-state index in [0.717, 1.165) is 12.1 Å². The third kappa shape index (κ3) is 7.55. The van der Waals surface area contributed by atoms with Crippen molar-refractivity contribution in [2.24, 2.45) is 10.7 Å². The minimum Gasteiger partial charge on any atom is -0.493 e. The summed E-state index contributed by atoms with van der Waals surface area (Å²) in [5.41, 5.74) is 9.75. The van der Waals surface area contributed by atoms with Crippen LogP contribution in [0.4, 0.5) is 0 Å². The van der Waals surface area contributed by atoms with Gasteiger partial charge in [0.15, 0.2) is 17.5 Å². The largest absolute Gasteiger partial charge is 0.493 e. The summed E-state index contributed by atoms with van der Waals surface area (Å²) in [5, 5.41) is 3.27. The van der Waals surface area contributed by atoms with Gasteiger partial charge < -0.3 is 20.5 Å². The first-order valence-electron chi connectivity index (χ1n) is 11.1. The van der Waals surface area contributed by atoms with Gasteiger partial charge in [-0.15, -0.1) is 24.0 Å². The van der Waals surface area contributed by atoms with Crippen molar-refractivity contribution in [3.05, 3.63) is 59.2 Å². The van der Waals surface area contributed by atoms with Gasteiger partial charge in [0.2, 0.25) is 0 Å². The molecular formula is C25H37IN4O2. The number of benzene rings is 2. The van der Waals surface area contributed by atoms with Crippen molar-refractivity contribution in [2.45, 2.75) is 57.8 Å². The number of methoxy groups -OCH3 is 2. The molecule has 7 heteroatoms. The number of halogens is 1. The summed E-state index contributed by atoms with van der Waals surface area (Å²) in [5.74, 6) is 1.83. The molecule has 0 aromatic heterocycles. The van der Waals surface area contributed by atoms with Crippen LogP contribution in [0.3, 0.4) is 0 Å². The van der Waals surface area contributed by atoms with E-state index in [1.807, 2.05) is 18.2 Å². The lowest BCUT2D eigenvalue weighted by Gasteiger charge is -2.31. The number of guanidine groups is 1. The van der Waals surface area contributed by atoms with Crippen LogP contribution in [0.5, 0.6) is 11.5 Å². The molecular weight excluding hydrogens is 515 g/mol. The van der Waals surface area contributed by atoms with E-state index >= 15 is 0 Å². The summed E-state index contributed by atoms with van der Waals surface area (Å²) in [6, 6.07) is 15.0. The Bertz CT molecular complexity index is 869. The Balaban J connectivity index is 0.00000363. The molecule has 1 aliphatic rings. The fraction of sp³-hybridized carbons (Fsp3) is 0.480. The summed E-state index contributed by atoms with van der Waals surface area (Å²) in [4.78, 5) is 6.99. The van der Waals surface area contributed by atoms with Gasteiger partial charge in [-0.3, -0.25) is 4.90 Å². The zero-order chi connectivity index (χ0) is 22.1. The van der Waals surface area contributed by atoms with Crippen molar-refractivity contribution < 1.29 is 9.47 Å². The Morgan fingerprint density at radius 2 is 1.72 bits per heavy atom. The van der Waals surface area contributed by atoms with Gasteiger partial charge in [-0.2, -0.15) is 0 Å². The predicted molar refractivity (Wildman–Crippen MR) is 142 cm³/mol. The number of nitrogens with zero attached hydrogens (tertiary/aromatic N) is 2. The van der Waals surface area contributed by atoms with E-state index in [1.54, 1.807) is 14.2 Å². The quantitative estimate of drug-likeness (QED) is 0.268. The topological polar surface area (TPSA) is 72.1 Å². The van der Waals surface area contributed by atoms with Crippen molar-refractivity contribution in [3.63, 3.8) is 0 Å². The molecule has 176 valence electrons. The Morgan fingerprint density at radius 1 is 1.03 bits per heavy atom. The van der Waals surface area contributed by atoms with Crippen molar-refractivity contribution >= 4 is 29.9 Å². The number of aliphatic imine (C=N–C) groups is 1. The lowest BCUT2D eigenvalue weighted by molar-refractivity contribution is 0.184. The minimum atomic E-state index is 0. The highest BCUT2D eigenvalue weighted by atomic mass is 127. The molecule has 0 amide bonds. The summed E-state index contributed by atoms with van der Waals surface area (Å²) in [7, 11) is 5.51. The highest BCUT2D eigenvalue weighted by molar-refractivity contribution is 14.0. The van der Waals surface area contributed by atoms with E-state index in [2.05, 4.69) is 46.5 Å². The molecule has 0 atom stereocenters. The van der Waals surface area contributed by atoms with Crippen LogP contribution in [-0.4, -0.2) is 38.2 Å². The fourth-order valence-electron chi connectivity index (χ4n) is 4.20. The second-order valence-corrected chi connectivity index (χ2v) is 8.22. The number of nitrogens with one attached hydrogen (secondary N) is 1. The molecule has 1 saturated carbocycles. The molecule has 0 bridgehead atoms. The van der Waals surface area contributed by atoms with Gasteiger partial charge in [0.1, 0.15) is 0 Å². The van der Waals surface area contributed by atoms with Crippen LogP contribution in [0.15, 0.2) is 47.5 Å². The fourth-order valence-corrected chi connectivity index (χ4v) is 4.20. The standard InChI is InChI=1S/C25H36N4O2.HI/c1-29(22-11-5-4-6-12-22)18-21-10-8-7-9-20(21)17-28-25(26)27-16-19-13-14-23(30-2)24(15-19)31-3;/h7-10,13-15,22H,4-6,11-12,16-18H2,1-3H3,(H3,26,27,28);1H. The van der Waals surface area contributed by atoms with Gasteiger partial charge >= 0.3 is 0 Å². The molecule has 2 aromatic carbocycles. The summed E-state index contributed by atoms with van der Waals surface area (Å²) in [6.07, 6.45) is 6.71. The third-order valence-electron chi connectivity index (χ3n) is 6.08. The Hall–Kier alpha value is -2.00. The van der Waals surface area contributed by atoms with Crippen molar-refractivity contribution in [1.82, 2.24) is 10.2 Å². The normalized spacial score (nSPS) is 14.7. The summed E-state index contributed by atoms with van der Waals surface area (Å²) in [6.45, 7) is 2.10.